The van der Waals surface area contributed by atoms with Crippen molar-refractivity contribution in [2.45, 2.75) is 13.0 Å². The highest BCUT2D eigenvalue weighted by molar-refractivity contribution is 5.15. The van der Waals surface area contributed by atoms with Gasteiger partial charge < -0.3 is 5.73 Å². The Balaban J connectivity index is 2.19. The summed E-state index contributed by atoms with van der Waals surface area (Å²) in [7, 11) is 0. The van der Waals surface area contributed by atoms with Gasteiger partial charge in [0.1, 0.15) is 5.82 Å². The fraction of sp³-hybridized carbons (Fsp3) is 0.667. The van der Waals surface area contributed by atoms with E-state index in [2.05, 4.69) is 33.0 Å². The second-order valence-electron chi connectivity index (χ2n) is 3.06. The number of rotatable bonds is 1. The van der Waals surface area contributed by atoms with Crippen molar-refractivity contribution in [1.29, 1.82) is 0 Å². The minimum absolute atomic E-state index is 0.190. The molecule has 1 aromatic rings. The van der Waals surface area contributed by atoms with Crippen LogP contribution in [-0.4, -0.2) is 21.7 Å². The molecule has 5 N–H and O–H groups in total. The highest BCUT2D eigenvalue weighted by Gasteiger charge is 2.26. The zero-order valence-electron chi connectivity index (χ0n) is 6.83. The molecule has 0 aliphatic carbocycles. The lowest BCUT2D eigenvalue weighted by Gasteiger charge is -2.09. The number of hydrogen-bond donors (Lipinski definition) is 4. The number of aromatic nitrogens is 3. The molecule has 6 nitrogen and oxygen atoms in total. The molecule has 66 valence electrons. The molecule has 0 saturated carbocycles. The van der Waals surface area contributed by atoms with E-state index >= 15 is 0 Å². The lowest BCUT2D eigenvalue weighted by Crippen LogP contribution is -2.25. The van der Waals surface area contributed by atoms with E-state index in [1.807, 2.05) is 0 Å². The number of nitrogens with zero attached hydrogens (tertiary/aromatic N) is 2. The molecule has 12 heavy (non-hydrogen) atoms. The van der Waals surface area contributed by atoms with Gasteiger partial charge in [-0.15, -0.1) is 5.10 Å². The van der Waals surface area contributed by atoms with Crippen LogP contribution in [0, 0.1) is 5.92 Å². The average Bonchev–Trinajstić information content (AvgIpc) is 2.58. The van der Waals surface area contributed by atoms with Gasteiger partial charge in [0.05, 0.1) is 6.04 Å². The number of H-pyrrole nitrogens is 1. The summed E-state index contributed by atoms with van der Waals surface area (Å²) in [5.74, 6) is 1.59. The van der Waals surface area contributed by atoms with E-state index in [0.29, 0.717) is 11.9 Å². The summed E-state index contributed by atoms with van der Waals surface area (Å²) in [6.45, 7) is 3.07. The minimum Gasteiger partial charge on any atom is -0.367 e. The summed E-state index contributed by atoms with van der Waals surface area (Å²) in [4.78, 5) is 4.05. The van der Waals surface area contributed by atoms with Crippen LogP contribution in [-0.2, 0) is 0 Å². The topological polar surface area (TPSA) is 91.7 Å². The van der Waals surface area contributed by atoms with Crippen molar-refractivity contribution in [1.82, 2.24) is 26.0 Å². The monoisotopic (exact) mass is 168 g/mol. The van der Waals surface area contributed by atoms with Crippen molar-refractivity contribution in [2.24, 2.45) is 5.92 Å². The van der Waals surface area contributed by atoms with E-state index in [9.17, 15) is 0 Å². The van der Waals surface area contributed by atoms with Crippen LogP contribution < -0.4 is 16.6 Å². The van der Waals surface area contributed by atoms with Crippen LogP contribution in [0.5, 0.6) is 0 Å². The fourth-order valence-electron chi connectivity index (χ4n) is 1.35. The van der Waals surface area contributed by atoms with E-state index in [1.54, 1.807) is 0 Å². The molecule has 0 bridgehead atoms. The van der Waals surface area contributed by atoms with E-state index in [4.69, 9.17) is 5.73 Å². The molecule has 2 atom stereocenters. The lowest BCUT2D eigenvalue weighted by atomic mass is 10.0. The maximum absolute atomic E-state index is 5.39. The summed E-state index contributed by atoms with van der Waals surface area (Å²) in [6, 6.07) is 0.190. The van der Waals surface area contributed by atoms with E-state index in [1.165, 1.54) is 0 Å². The maximum Gasteiger partial charge on any atom is 0.239 e. The van der Waals surface area contributed by atoms with Crippen molar-refractivity contribution in [3.63, 3.8) is 0 Å². The smallest absolute Gasteiger partial charge is 0.239 e. The SMILES string of the molecule is CC1CNNC1c1nc(N)n[nH]1. The van der Waals surface area contributed by atoms with E-state index < -0.39 is 0 Å². The van der Waals surface area contributed by atoms with Crippen molar-refractivity contribution in [3.8, 4) is 0 Å². The lowest BCUT2D eigenvalue weighted by molar-refractivity contribution is 0.484. The number of anilines is 1. The fourth-order valence-corrected chi connectivity index (χ4v) is 1.35. The Labute approximate surface area is 69.9 Å². The van der Waals surface area contributed by atoms with Crippen LogP contribution in [0.15, 0.2) is 0 Å². The van der Waals surface area contributed by atoms with Crippen LogP contribution >= 0.6 is 0 Å². The van der Waals surface area contributed by atoms with Gasteiger partial charge in [0.25, 0.3) is 0 Å². The first-order valence-corrected chi connectivity index (χ1v) is 3.93. The first-order chi connectivity index (χ1) is 5.77. The summed E-state index contributed by atoms with van der Waals surface area (Å²) in [5, 5.41) is 6.56. The zero-order valence-corrected chi connectivity index (χ0v) is 6.83. The van der Waals surface area contributed by atoms with E-state index in [-0.39, 0.29) is 6.04 Å². The molecule has 6 heteroatoms. The van der Waals surface area contributed by atoms with Gasteiger partial charge in [-0.2, -0.15) is 4.98 Å². The van der Waals surface area contributed by atoms with E-state index in [0.717, 1.165) is 12.4 Å². The number of nitrogens with one attached hydrogen (secondary N) is 3. The predicted octanol–water partition coefficient (Wildman–Crippen LogP) is -0.828. The van der Waals surface area contributed by atoms with Crippen molar-refractivity contribution in [2.75, 3.05) is 12.3 Å². The van der Waals surface area contributed by atoms with Gasteiger partial charge in [0, 0.05) is 6.54 Å². The Hall–Kier alpha value is -1.14. The molecule has 1 fully saturated rings. The van der Waals surface area contributed by atoms with Crippen molar-refractivity contribution >= 4 is 5.95 Å². The van der Waals surface area contributed by atoms with Crippen LogP contribution in [0.3, 0.4) is 0 Å². The third-order valence-electron chi connectivity index (χ3n) is 2.07. The second kappa shape index (κ2) is 2.72. The molecule has 0 radical (unpaired) electrons. The number of nitrogens with two attached hydrogens (primary N) is 1. The van der Waals surface area contributed by atoms with Gasteiger partial charge in [-0.05, 0) is 5.92 Å². The molecule has 2 unspecified atom stereocenters. The molecule has 1 aliphatic heterocycles. The molecular formula is C6H12N6. The van der Waals surface area contributed by atoms with Crippen molar-refractivity contribution < 1.29 is 0 Å². The summed E-state index contributed by atoms with van der Waals surface area (Å²) < 4.78 is 0. The Morgan fingerprint density at radius 2 is 2.42 bits per heavy atom. The molecule has 2 heterocycles. The highest BCUT2D eigenvalue weighted by atomic mass is 15.4. The van der Waals surface area contributed by atoms with Crippen LogP contribution in [0.25, 0.3) is 0 Å². The minimum atomic E-state index is 0.190. The third kappa shape index (κ3) is 1.15. The maximum atomic E-state index is 5.39. The number of aromatic amines is 1. The number of nitrogen functional groups attached to an aromatic ring is 1. The number of hydrazine groups is 1. The van der Waals surface area contributed by atoms with Gasteiger partial charge in [-0.25, -0.2) is 5.43 Å². The van der Waals surface area contributed by atoms with Crippen LogP contribution in [0.4, 0.5) is 5.95 Å². The molecular weight excluding hydrogens is 156 g/mol. The first-order valence-electron chi connectivity index (χ1n) is 3.93. The van der Waals surface area contributed by atoms with Gasteiger partial charge in [-0.3, -0.25) is 10.5 Å². The Kier molecular flexibility index (Phi) is 1.70. The van der Waals surface area contributed by atoms with Gasteiger partial charge in [-0.1, -0.05) is 6.92 Å². The quantitative estimate of drug-likeness (QED) is 0.439. The van der Waals surface area contributed by atoms with Crippen LogP contribution in [0.2, 0.25) is 0 Å². The summed E-state index contributed by atoms with van der Waals surface area (Å²) >= 11 is 0. The summed E-state index contributed by atoms with van der Waals surface area (Å²) in [6.07, 6.45) is 0. The molecule has 2 rings (SSSR count). The number of hydrogen-bond acceptors (Lipinski definition) is 5. The molecule has 0 amide bonds. The molecule has 1 saturated heterocycles. The Bertz CT molecular complexity index is 269. The largest absolute Gasteiger partial charge is 0.367 e. The Morgan fingerprint density at radius 1 is 1.58 bits per heavy atom. The van der Waals surface area contributed by atoms with Gasteiger partial charge in [0.15, 0.2) is 0 Å². The first kappa shape index (κ1) is 7.51. The molecule has 1 aromatic heterocycles. The third-order valence-corrected chi connectivity index (χ3v) is 2.07. The van der Waals surface area contributed by atoms with Crippen LogP contribution in [0.1, 0.15) is 18.8 Å². The van der Waals surface area contributed by atoms with Gasteiger partial charge in [0.2, 0.25) is 5.95 Å². The van der Waals surface area contributed by atoms with Gasteiger partial charge >= 0.3 is 0 Å². The molecule has 0 aromatic carbocycles. The zero-order chi connectivity index (χ0) is 8.55. The highest BCUT2D eigenvalue weighted by Crippen LogP contribution is 2.20. The predicted molar refractivity (Wildman–Crippen MR) is 43.8 cm³/mol. The molecule has 1 aliphatic rings. The van der Waals surface area contributed by atoms with Crippen molar-refractivity contribution in [3.05, 3.63) is 5.82 Å². The summed E-state index contributed by atoms with van der Waals surface area (Å²) in [5.41, 5.74) is 11.5. The normalized spacial score (nSPS) is 29.4. The molecule has 0 spiro atoms. The average molecular weight is 168 g/mol. The Morgan fingerprint density at radius 3 is 2.92 bits per heavy atom. The standard InChI is InChI=1S/C6H12N6/c1-3-2-8-10-4(3)5-9-6(7)12-11-5/h3-4,8,10H,2H2,1H3,(H3,7,9,11,12). The second-order valence-corrected chi connectivity index (χ2v) is 3.06.